The van der Waals surface area contributed by atoms with E-state index in [1.54, 1.807) is 0 Å². The molecule has 108 valence electrons. The Morgan fingerprint density at radius 1 is 1.26 bits per heavy atom. The summed E-state index contributed by atoms with van der Waals surface area (Å²) in [5.74, 6) is -0.116. The molecule has 2 aliphatic heterocycles. The molecule has 19 heavy (non-hydrogen) atoms. The van der Waals surface area contributed by atoms with Crippen LogP contribution in [-0.2, 0) is 4.79 Å². The fourth-order valence-corrected chi connectivity index (χ4v) is 2.77. The van der Waals surface area contributed by atoms with Crippen molar-refractivity contribution in [3.63, 3.8) is 0 Å². The Balaban J connectivity index is 1.98. The average Bonchev–Trinajstić information content (AvgIpc) is 2.63. The first kappa shape index (κ1) is 14.2. The number of rotatable bonds is 5. The zero-order valence-corrected chi connectivity index (χ0v) is 11.1. The Hall–Kier alpha value is -1.18. The van der Waals surface area contributed by atoms with Crippen molar-refractivity contribution in [2.45, 2.75) is 24.8 Å². The van der Waals surface area contributed by atoms with Gasteiger partial charge >= 0.3 is 6.03 Å². The number of amides is 3. The number of urea groups is 1. The largest absolute Gasteiger partial charge is 0.395 e. The maximum Gasteiger partial charge on any atom is 0.325 e. The third kappa shape index (κ3) is 2.72. The van der Waals surface area contributed by atoms with Gasteiger partial charge in [0, 0.05) is 26.2 Å². The maximum atomic E-state index is 12.4. The summed E-state index contributed by atoms with van der Waals surface area (Å²) in [4.78, 5) is 27.7. The molecule has 0 aromatic rings. The minimum absolute atomic E-state index is 0.116. The van der Waals surface area contributed by atoms with Crippen molar-refractivity contribution >= 4 is 11.9 Å². The molecule has 7 heteroatoms. The van der Waals surface area contributed by atoms with E-state index in [1.165, 1.54) is 4.90 Å². The Morgan fingerprint density at radius 3 is 2.53 bits per heavy atom. The minimum Gasteiger partial charge on any atom is -0.395 e. The van der Waals surface area contributed by atoms with Crippen molar-refractivity contribution in [3.05, 3.63) is 0 Å². The van der Waals surface area contributed by atoms with E-state index in [0.29, 0.717) is 38.9 Å². The smallest absolute Gasteiger partial charge is 0.325 e. The Morgan fingerprint density at radius 2 is 1.95 bits per heavy atom. The molecule has 7 nitrogen and oxygen atoms in total. The molecule has 2 heterocycles. The number of nitrogens with one attached hydrogen (secondary N) is 1. The van der Waals surface area contributed by atoms with Crippen LogP contribution in [-0.4, -0.2) is 71.7 Å². The van der Waals surface area contributed by atoms with E-state index < -0.39 is 5.54 Å². The highest BCUT2D eigenvalue weighted by Crippen LogP contribution is 2.29. The first-order valence-corrected chi connectivity index (χ1v) is 6.80. The summed E-state index contributed by atoms with van der Waals surface area (Å²) in [6.45, 7) is 3.04. The molecule has 0 aliphatic carbocycles. The van der Waals surface area contributed by atoms with Crippen molar-refractivity contribution < 1.29 is 14.7 Å². The molecular weight excluding hydrogens is 248 g/mol. The van der Waals surface area contributed by atoms with Crippen LogP contribution in [0.3, 0.4) is 0 Å². The number of nitrogens with two attached hydrogens (primary N) is 1. The van der Waals surface area contributed by atoms with Crippen molar-refractivity contribution in [1.82, 2.24) is 15.1 Å². The second-order valence-corrected chi connectivity index (χ2v) is 5.18. The number of imide groups is 1. The Labute approximate surface area is 112 Å². The van der Waals surface area contributed by atoms with Gasteiger partial charge in [0.05, 0.1) is 6.61 Å². The lowest BCUT2D eigenvalue weighted by Gasteiger charge is -2.37. The molecule has 2 fully saturated rings. The lowest BCUT2D eigenvalue weighted by Crippen LogP contribution is -2.55. The molecule has 4 N–H and O–H groups in total. The molecule has 0 saturated carbocycles. The zero-order valence-electron chi connectivity index (χ0n) is 11.1. The maximum absolute atomic E-state index is 12.4. The number of β-amino-alcohol motifs (C(OH)–C–C–N with tert-alkyl or cyclic N) is 1. The van der Waals surface area contributed by atoms with Crippen LogP contribution in [0.5, 0.6) is 0 Å². The third-order valence-electron chi connectivity index (χ3n) is 3.96. The van der Waals surface area contributed by atoms with Gasteiger partial charge in [0.1, 0.15) is 5.54 Å². The number of aliphatic hydroxyl groups excluding tert-OH is 1. The molecule has 1 spiro atoms. The summed E-state index contributed by atoms with van der Waals surface area (Å²) in [6, 6.07) is -0.297. The number of carbonyl (C=O) groups excluding carboxylic acids is 2. The SMILES string of the molecule is NCCCN1C(=O)NC2(CCN(CCO)CC2)C1=O. The normalized spacial score (nSPS) is 23.2. The molecular formula is C12H22N4O3. The summed E-state index contributed by atoms with van der Waals surface area (Å²) in [5, 5.41) is 11.8. The first-order valence-electron chi connectivity index (χ1n) is 6.80. The van der Waals surface area contributed by atoms with Gasteiger partial charge in [-0.1, -0.05) is 0 Å². The fraction of sp³-hybridized carbons (Fsp3) is 0.833. The number of likely N-dealkylation sites (tertiary alicyclic amines) is 1. The number of aliphatic hydroxyl groups is 1. The predicted molar refractivity (Wildman–Crippen MR) is 69.4 cm³/mol. The van der Waals surface area contributed by atoms with E-state index in [9.17, 15) is 9.59 Å². The van der Waals surface area contributed by atoms with Crippen LogP contribution in [0.25, 0.3) is 0 Å². The lowest BCUT2D eigenvalue weighted by molar-refractivity contribution is -0.133. The average molecular weight is 270 g/mol. The van der Waals surface area contributed by atoms with E-state index in [0.717, 1.165) is 13.1 Å². The van der Waals surface area contributed by atoms with Gasteiger partial charge in [-0.3, -0.25) is 9.69 Å². The molecule has 0 unspecified atom stereocenters. The molecule has 0 aromatic heterocycles. The quantitative estimate of drug-likeness (QED) is 0.540. The number of hydrogen-bond acceptors (Lipinski definition) is 5. The second kappa shape index (κ2) is 5.85. The highest BCUT2D eigenvalue weighted by molar-refractivity contribution is 6.07. The number of piperidine rings is 1. The predicted octanol–water partition coefficient (Wildman–Crippen LogP) is -1.29. The summed E-state index contributed by atoms with van der Waals surface area (Å²) < 4.78 is 0. The van der Waals surface area contributed by atoms with Crippen molar-refractivity contribution in [1.29, 1.82) is 0 Å². The standard InChI is InChI=1S/C12H22N4O3/c13-4-1-5-16-10(18)12(14-11(16)19)2-6-15(7-3-12)8-9-17/h17H,1-9,13H2,(H,14,19). The number of hydrogen-bond donors (Lipinski definition) is 3. The van der Waals surface area contributed by atoms with Gasteiger partial charge in [0.2, 0.25) is 0 Å². The molecule has 2 rings (SSSR count). The van der Waals surface area contributed by atoms with Crippen LogP contribution in [0.2, 0.25) is 0 Å². The molecule has 2 aliphatic rings. The fourth-order valence-electron chi connectivity index (χ4n) is 2.77. The van der Waals surface area contributed by atoms with Gasteiger partial charge in [0.15, 0.2) is 0 Å². The molecule has 3 amide bonds. The van der Waals surface area contributed by atoms with Gasteiger partial charge in [-0.2, -0.15) is 0 Å². The van der Waals surface area contributed by atoms with E-state index in [2.05, 4.69) is 10.2 Å². The number of carbonyl (C=O) groups is 2. The third-order valence-corrected chi connectivity index (χ3v) is 3.96. The van der Waals surface area contributed by atoms with Crippen LogP contribution in [0.1, 0.15) is 19.3 Å². The van der Waals surface area contributed by atoms with E-state index >= 15 is 0 Å². The summed E-state index contributed by atoms with van der Waals surface area (Å²) >= 11 is 0. The highest BCUT2D eigenvalue weighted by atomic mass is 16.3. The van der Waals surface area contributed by atoms with Gasteiger partial charge in [0.25, 0.3) is 5.91 Å². The molecule has 0 atom stereocenters. The lowest BCUT2D eigenvalue weighted by atomic mass is 9.87. The monoisotopic (exact) mass is 270 g/mol. The number of nitrogens with zero attached hydrogens (tertiary/aromatic N) is 2. The molecule has 0 bridgehead atoms. The second-order valence-electron chi connectivity index (χ2n) is 5.18. The van der Waals surface area contributed by atoms with Crippen molar-refractivity contribution in [2.75, 3.05) is 39.3 Å². The Kier molecular flexibility index (Phi) is 4.38. The van der Waals surface area contributed by atoms with Gasteiger partial charge < -0.3 is 21.1 Å². The summed E-state index contributed by atoms with van der Waals surface area (Å²) in [7, 11) is 0. The van der Waals surface area contributed by atoms with Crippen LogP contribution in [0.4, 0.5) is 4.79 Å². The van der Waals surface area contributed by atoms with Crippen LogP contribution in [0.15, 0.2) is 0 Å². The van der Waals surface area contributed by atoms with E-state index in [4.69, 9.17) is 10.8 Å². The topological polar surface area (TPSA) is 98.9 Å². The van der Waals surface area contributed by atoms with Gasteiger partial charge in [-0.05, 0) is 25.8 Å². The van der Waals surface area contributed by atoms with E-state index in [1.807, 2.05) is 0 Å². The highest BCUT2D eigenvalue weighted by Gasteiger charge is 2.51. The molecule has 0 aromatic carbocycles. The zero-order chi connectivity index (χ0) is 13.9. The van der Waals surface area contributed by atoms with Crippen LogP contribution >= 0.6 is 0 Å². The van der Waals surface area contributed by atoms with Crippen molar-refractivity contribution in [2.24, 2.45) is 5.73 Å². The Bertz CT molecular complexity index is 353. The summed E-state index contributed by atoms with van der Waals surface area (Å²) in [5.41, 5.74) is 4.69. The van der Waals surface area contributed by atoms with Crippen LogP contribution in [0, 0.1) is 0 Å². The first-order chi connectivity index (χ1) is 9.13. The van der Waals surface area contributed by atoms with Crippen molar-refractivity contribution in [3.8, 4) is 0 Å². The van der Waals surface area contributed by atoms with Gasteiger partial charge in [-0.15, -0.1) is 0 Å². The minimum atomic E-state index is -0.725. The molecule has 0 radical (unpaired) electrons. The summed E-state index contributed by atoms with van der Waals surface area (Å²) in [6.07, 6.45) is 1.85. The van der Waals surface area contributed by atoms with Gasteiger partial charge in [-0.25, -0.2) is 4.79 Å². The van der Waals surface area contributed by atoms with E-state index in [-0.39, 0.29) is 18.5 Å². The molecule has 2 saturated heterocycles. The van der Waals surface area contributed by atoms with Crippen LogP contribution < -0.4 is 11.1 Å².